The Labute approximate surface area is 195 Å². The summed E-state index contributed by atoms with van der Waals surface area (Å²) in [6, 6.07) is 5.99. The van der Waals surface area contributed by atoms with Gasteiger partial charge in [0, 0.05) is 20.0 Å². The van der Waals surface area contributed by atoms with E-state index in [-0.39, 0.29) is 18.5 Å². The van der Waals surface area contributed by atoms with E-state index < -0.39 is 0 Å². The van der Waals surface area contributed by atoms with Gasteiger partial charge in [0.1, 0.15) is 0 Å². The van der Waals surface area contributed by atoms with Crippen LogP contribution in [0.5, 0.6) is 11.5 Å². The van der Waals surface area contributed by atoms with Gasteiger partial charge in [0.15, 0.2) is 17.8 Å². The molecule has 3 rings (SSSR count). The highest BCUT2D eigenvalue weighted by Crippen LogP contribution is 2.38. The fraction of sp³-hybridized carbons (Fsp3) is 0.630. The number of benzene rings is 1. The molecule has 4 unspecified atom stereocenters. The zero-order valence-corrected chi connectivity index (χ0v) is 21.1. The van der Waals surface area contributed by atoms with Crippen LogP contribution in [0.25, 0.3) is 0 Å². The van der Waals surface area contributed by atoms with Crippen molar-refractivity contribution in [1.82, 2.24) is 4.90 Å². The molecule has 0 spiro atoms. The second-order valence-electron chi connectivity index (χ2n) is 8.50. The highest BCUT2D eigenvalue weighted by molar-refractivity contribution is 5.43. The Kier molecular flexibility index (Phi) is 11.1. The van der Waals surface area contributed by atoms with Crippen LogP contribution in [0, 0.1) is 5.92 Å². The van der Waals surface area contributed by atoms with Crippen molar-refractivity contribution in [3.8, 4) is 11.5 Å². The largest absolute Gasteiger partial charge is 0.493 e. The molecule has 0 bridgehead atoms. The molecule has 0 amide bonds. The summed E-state index contributed by atoms with van der Waals surface area (Å²) in [5, 5.41) is 0. The molecule has 5 nitrogen and oxygen atoms in total. The Morgan fingerprint density at radius 2 is 1.84 bits per heavy atom. The molecule has 0 aromatic heterocycles. The Balaban J connectivity index is 0.00000176. The van der Waals surface area contributed by atoms with E-state index >= 15 is 0 Å². The van der Waals surface area contributed by atoms with Crippen molar-refractivity contribution in [3.05, 3.63) is 47.7 Å². The van der Waals surface area contributed by atoms with Crippen LogP contribution in [-0.4, -0.2) is 45.1 Å². The van der Waals surface area contributed by atoms with Gasteiger partial charge in [-0.15, -0.1) is 0 Å². The molecule has 0 aliphatic carbocycles. The summed E-state index contributed by atoms with van der Waals surface area (Å²) in [4.78, 5) is 2.24. The van der Waals surface area contributed by atoms with Crippen molar-refractivity contribution >= 4 is 0 Å². The van der Waals surface area contributed by atoms with Gasteiger partial charge in [-0.25, -0.2) is 0 Å². The van der Waals surface area contributed by atoms with E-state index in [0.29, 0.717) is 5.92 Å². The third-order valence-corrected chi connectivity index (χ3v) is 6.31. The van der Waals surface area contributed by atoms with E-state index in [1.165, 1.54) is 5.57 Å². The molecule has 0 N–H and O–H groups in total. The molecule has 0 radical (unpaired) electrons. The maximum atomic E-state index is 6.29. The summed E-state index contributed by atoms with van der Waals surface area (Å²) in [5.74, 6) is 1.96. The van der Waals surface area contributed by atoms with Gasteiger partial charge in [-0.2, -0.15) is 0 Å². The van der Waals surface area contributed by atoms with E-state index in [2.05, 4.69) is 44.1 Å². The molecule has 180 valence electrons. The lowest BCUT2D eigenvalue weighted by molar-refractivity contribution is -0.169. The first-order chi connectivity index (χ1) is 15.5. The molecule has 0 saturated carbocycles. The zero-order chi connectivity index (χ0) is 23.5. The normalized spacial score (nSPS) is 22.3. The Hall–Kier alpha value is -1.98. The first-order valence-electron chi connectivity index (χ1n) is 12.1. The molecule has 4 atom stereocenters. The summed E-state index contributed by atoms with van der Waals surface area (Å²) in [6.45, 7) is 9.55. The topological polar surface area (TPSA) is 40.2 Å². The molecule has 1 saturated heterocycles. The molecule has 1 aromatic carbocycles. The van der Waals surface area contributed by atoms with Crippen molar-refractivity contribution < 1.29 is 18.9 Å². The van der Waals surface area contributed by atoms with Gasteiger partial charge in [0.05, 0.1) is 26.4 Å². The van der Waals surface area contributed by atoms with E-state index in [0.717, 1.165) is 55.7 Å². The fourth-order valence-corrected chi connectivity index (χ4v) is 4.04. The van der Waals surface area contributed by atoms with E-state index in [1.807, 2.05) is 32.0 Å². The summed E-state index contributed by atoms with van der Waals surface area (Å²) >= 11 is 0. The number of hydrogen-bond acceptors (Lipinski definition) is 5. The SMILES string of the molecule is CC.COc1ccc(C2CCC(OC(C)C(C)CCC3=CC=CN(C)CC3)O2)cc1OC. The van der Waals surface area contributed by atoms with Gasteiger partial charge in [0.2, 0.25) is 0 Å². The predicted octanol–water partition coefficient (Wildman–Crippen LogP) is 6.50. The minimum Gasteiger partial charge on any atom is -0.493 e. The second-order valence-corrected chi connectivity index (χ2v) is 8.50. The quantitative estimate of drug-likeness (QED) is 0.434. The molecule has 1 aromatic rings. The minimum absolute atomic E-state index is 0.0391. The van der Waals surface area contributed by atoms with Gasteiger partial charge in [-0.1, -0.05) is 38.5 Å². The van der Waals surface area contributed by atoms with Crippen LogP contribution in [0.2, 0.25) is 0 Å². The van der Waals surface area contributed by atoms with Crippen molar-refractivity contribution in [2.75, 3.05) is 27.8 Å². The standard InChI is InChI=1S/C25H37NO4.C2H6/c1-18(8-9-20-7-6-15-26(3)16-14-20)19(2)29-25-13-12-22(30-25)21-10-11-23(27-4)24(17-21)28-5;1-2/h6-7,10-11,15,17-19,22,25H,8-9,12-14,16H2,1-5H3;1-2H3. The molecular weight excluding hydrogens is 402 g/mol. The van der Waals surface area contributed by atoms with Crippen LogP contribution in [0.1, 0.15) is 71.5 Å². The number of allylic oxidation sites excluding steroid dienone is 2. The number of methoxy groups -OCH3 is 2. The van der Waals surface area contributed by atoms with Gasteiger partial charge in [-0.3, -0.25) is 0 Å². The third-order valence-electron chi connectivity index (χ3n) is 6.31. The minimum atomic E-state index is -0.144. The summed E-state index contributed by atoms with van der Waals surface area (Å²) < 4.78 is 23.3. The highest BCUT2D eigenvalue weighted by Gasteiger charge is 2.30. The van der Waals surface area contributed by atoms with Crippen LogP contribution in [-0.2, 0) is 9.47 Å². The summed E-state index contributed by atoms with van der Waals surface area (Å²) in [5.41, 5.74) is 2.64. The molecule has 1 fully saturated rings. The predicted molar refractivity (Wildman–Crippen MR) is 131 cm³/mol. The van der Waals surface area contributed by atoms with E-state index in [4.69, 9.17) is 18.9 Å². The van der Waals surface area contributed by atoms with Crippen LogP contribution < -0.4 is 9.47 Å². The van der Waals surface area contributed by atoms with Crippen LogP contribution in [0.3, 0.4) is 0 Å². The van der Waals surface area contributed by atoms with Crippen molar-refractivity contribution in [3.63, 3.8) is 0 Å². The lowest BCUT2D eigenvalue weighted by Gasteiger charge is -2.25. The van der Waals surface area contributed by atoms with E-state index in [9.17, 15) is 0 Å². The van der Waals surface area contributed by atoms with Crippen LogP contribution in [0.4, 0.5) is 0 Å². The van der Waals surface area contributed by atoms with Gasteiger partial charge >= 0.3 is 0 Å². The Morgan fingerprint density at radius 1 is 1.09 bits per heavy atom. The zero-order valence-electron chi connectivity index (χ0n) is 21.1. The van der Waals surface area contributed by atoms with Gasteiger partial charge in [0.25, 0.3) is 0 Å². The number of rotatable bonds is 9. The van der Waals surface area contributed by atoms with Crippen molar-refractivity contribution in [2.24, 2.45) is 5.92 Å². The summed E-state index contributed by atoms with van der Waals surface area (Å²) in [7, 11) is 5.44. The maximum absolute atomic E-state index is 6.29. The van der Waals surface area contributed by atoms with Crippen molar-refractivity contribution in [1.29, 1.82) is 0 Å². The van der Waals surface area contributed by atoms with E-state index in [1.54, 1.807) is 14.2 Å². The first kappa shape index (κ1) is 26.3. The highest BCUT2D eigenvalue weighted by atomic mass is 16.7. The molecule has 32 heavy (non-hydrogen) atoms. The Morgan fingerprint density at radius 3 is 2.56 bits per heavy atom. The molecule has 2 aliphatic heterocycles. The number of nitrogens with zero attached hydrogens (tertiary/aromatic N) is 1. The number of ether oxygens (including phenoxy) is 4. The average molecular weight is 446 g/mol. The smallest absolute Gasteiger partial charge is 0.161 e. The lowest BCUT2D eigenvalue weighted by atomic mass is 9.95. The summed E-state index contributed by atoms with van der Waals surface area (Å²) in [6.07, 6.45) is 11.9. The second kappa shape index (κ2) is 13.5. The van der Waals surface area contributed by atoms with Crippen LogP contribution >= 0.6 is 0 Å². The molecular formula is C27H43NO4. The fourth-order valence-electron chi connectivity index (χ4n) is 4.04. The first-order valence-corrected chi connectivity index (χ1v) is 12.1. The number of hydrogen-bond donors (Lipinski definition) is 0. The average Bonchev–Trinajstić information content (AvgIpc) is 3.19. The third kappa shape index (κ3) is 7.56. The van der Waals surface area contributed by atoms with Crippen molar-refractivity contribution in [2.45, 2.75) is 78.3 Å². The van der Waals surface area contributed by atoms with Gasteiger partial charge in [-0.05, 0) is 68.5 Å². The molecule has 2 aliphatic rings. The molecule has 5 heteroatoms. The molecule has 2 heterocycles. The lowest BCUT2D eigenvalue weighted by Crippen LogP contribution is -2.25. The monoisotopic (exact) mass is 445 g/mol. The Bertz CT molecular complexity index is 745. The van der Waals surface area contributed by atoms with Gasteiger partial charge < -0.3 is 23.8 Å². The maximum Gasteiger partial charge on any atom is 0.161 e. The van der Waals surface area contributed by atoms with Crippen LogP contribution in [0.15, 0.2) is 42.1 Å².